The second-order valence-corrected chi connectivity index (χ2v) is 11.1. The van der Waals surface area contributed by atoms with Crippen molar-refractivity contribution in [3.8, 4) is 16.8 Å². The number of carbonyl (C=O) groups excluding carboxylic acids is 2. The van der Waals surface area contributed by atoms with Gasteiger partial charge < -0.3 is 20.7 Å². The van der Waals surface area contributed by atoms with Gasteiger partial charge >= 0.3 is 0 Å². The smallest absolute Gasteiger partial charge is 0.268 e. The normalized spacial score (nSPS) is 13.3. The summed E-state index contributed by atoms with van der Waals surface area (Å²) >= 11 is 0. The molecule has 10 heteroatoms. The number of rotatable bonds is 6. The van der Waals surface area contributed by atoms with E-state index >= 15 is 0 Å². The molecule has 5 aromatic rings. The molecular weight excluding hydrogens is 532 g/mol. The number of carbonyl (C=O) groups is 2. The summed E-state index contributed by atoms with van der Waals surface area (Å²) in [7, 11) is 0. The van der Waals surface area contributed by atoms with Crippen LogP contribution in [0.4, 0.5) is 11.5 Å². The Kier molecular flexibility index (Phi) is 6.70. The maximum absolute atomic E-state index is 13.6. The molecule has 0 fully saturated rings. The van der Waals surface area contributed by atoms with Gasteiger partial charge in [0, 0.05) is 40.8 Å². The molecule has 4 N–H and O–H groups in total. The summed E-state index contributed by atoms with van der Waals surface area (Å²) in [5.74, 6) is -0.358. The van der Waals surface area contributed by atoms with Gasteiger partial charge in [-0.15, -0.1) is 0 Å². The van der Waals surface area contributed by atoms with Crippen molar-refractivity contribution in [3.05, 3.63) is 100 Å². The second kappa shape index (κ2) is 10.4. The summed E-state index contributed by atoms with van der Waals surface area (Å²) in [6, 6.07) is 17.6. The van der Waals surface area contributed by atoms with Gasteiger partial charge in [0.25, 0.3) is 11.5 Å². The van der Waals surface area contributed by atoms with E-state index in [2.05, 4.69) is 15.3 Å². The van der Waals surface area contributed by atoms with Gasteiger partial charge in [-0.25, -0.2) is 9.97 Å². The zero-order chi connectivity index (χ0) is 29.6. The molecule has 3 aromatic heterocycles. The molecule has 212 valence electrons. The monoisotopic (exact) mass is 562 g/mol. The lowest BCUT2D eigenvalue weighted by Gasteiger charge is -2.21. The first kappa shape index (κ1) is 27.1. The molecule has 2 aromatic carbocycles. The molecule has 0 radical (unpaired) electrons. The Morgan fingerprint density at radius 1 is 1.02 bits per heavy atom. The minimum absolute atomic E-state index is 0.0775. The van der Waals surface area contributed by atoms with E-state index in [0.29, 0.717) is 65.3 Å². The summed E-state index contributed by atoms with van der Waals surface area (Å²) in [4.78, 5) is 48.4. The van der Waals surface area contributed by atoms with E-state index in [0.717, 1.165) is 11.1 Å². The van der Waals surface area contributed by atoms with Crippen LogP contribution in [0.15, 0.2) is 78.0 Å². The van der Waals surface area contributed by atoms with Crippen molar-refractivity contribution < 1.29 is 14.7 Å². The minimum Gasteiger partial charge on any atom is -0.389 e. The number of hydrogen-bond acceptors (Lipinski definition) is 7. The minimum atomic E-state index is -0.975. The fourth-order valence-corrected chi connectivity index (χ4v) is 5.54. The molecule has 0 aliphatic heterocycles. The zero-order valence-electron chi connectivity index (χ0n) is 23.3. The van der Waals surface area contributed by atoms with Crippen LogP contribution in [0.5, 0.6) is 0 Å². The lowest BCUT2D eigenvalue weighted by Crippen LogP contribution is -2.33. The summed E-state index contributed by atoms with van der Waals surface area (Å²) < 4.78 is 3.33. The summed E-state index contributed by atoms with van der Waals surface area (Å²) in [5.41, 5.74) is 8.99. The van der Waals surface area contributed by atoms with Crippen LogP contribution in [-0.4, -0.2) is 41.5 Å². The molecule has 0 spiro atoms. The molecule has 1 aliphatic carbocycles. The van der Waals surface area contributed by atoms with E-state index in [4.69, 9.17) is 5.73 Å². The topological polar surface area (TPSA) is 145 Å². The Morgan fingerprint density at radius 2 is 1.76 bits per heavy atom. The van der Waals surface area contributed by atoms with Crippen LogP contribution in [-0.2, 0) is 13.0 Å². The summed E-state index contributed by atoms with van der Waals surface area (Å²) in [6.45, 7) is 3.74. The van der Waals surface area contributed by atoms with Crippen molar-refractivity contribution in [2.24, 2.45) is 0 Å². The van der Waals surface area contributed by atoms with Gasteiger partial charge in [-0.3, -0.25) is 19.0 Å². The standard InChI is InChI=1S/C32H30N6O4/c1-32(2,42)17-37-16-24(27-28(33)34-18-35-29(27)37)19-11-13-20(14-12-19)36-30(40)23-15-22-25(9-6-10-26(22)39)38(31(23)41)21-7-4-3-5-8-21/h3-5,7-8,11-16,18,42H,6,9-10,17H2,1-2H3,(H,36,40)(H2,33,34,35). The van der Waals surface area contributed by atoms with Crippen LogP contribution in [0.25, 0.3) is 27.8 Å². The van der Waals surface area contributed by atoms with Crippen molar-refractivity contribution in [1.82, 2.24) is 19.1 Å². The van der Waals surface area contributed by atoms with E-state index < -0.39 is 17.1 Å². The van der Waals surface area contributed by atoms with Gasteiger partial charge in [0.1, 0.15) is 23.4 Å². The van der Waals surface area contributed by atoms with Crippen LogP contribution >= 0.6 is 0 Å². The maximum Gasteiger partial charge on any atom is 0.268 e. The predicted octanol–water partition coefficient (Wildman–Crippen LogP) is 4.37. The fraction of sp³-hybridized carbons (Fsp3) is 0.219. The van der Waals surface area contributed by atoms with Gasteiger partial charge in [0.15, 0.2) is 5.78 Å². The first-order chi connectivity index (χ1) is 20.1. The molecule has 0 saturated heterocycles. The number of nitrogens with two attached hydrogens (primary N) is 1. The molecule has 1 amide bonds. The van der Waals surface area contributed by atoms with Gasteiger partial charge in [-0.05, 0) is 62.6 Å². The molecule has 6 rings (SSSR count). The molecule has 3 heterocycles. The maximum atomic E-state index is 13.6. The van der Waals surface area contributed by atoms with Crippen molar-refractivity contribution in [3.63, 3.8) is 0 Å². The molecule has 0 unspecified atom stereocenters. The quantitative estimate of drug-likeness (QED) is 0.279. The number of aromatic nitrogens is 4. The number of fused-ring (bicyclic) bond motifs is 2. The van der Waals surface area contributed by atoms with Crippen LogP contribution in [0, 0.1) is 0 Å². The lowest BCUT2D eigenvalue weighted by atomic mass is 9.92. The number of aliphatic hydroxyl groups is 1. The second-order valence-electron chi connectivity index (χ2n) is 11.1. The Balaban J connectivity index is 1.34. The lowest BCUT2D eigenvalue weighted by molar-refractivity contribution is 0.0627. The van der Waals surface area contributed by atoms with Gasteiger partial charge in [-0.1, -0.05) is 30.3 Å². The molecule has 10 nitrogen and oxygen atoms in total. The van der Waals surface area contributed by atoms with Gasteiger partial charge in [-0.2, -0.15) is 0 Å². The van der Waals surface area contributed by atoms with E-state index in [9.17, 15) is 19.5 Å². The Hall–Kier alpha value is -5.09. The number of nitrogens with zero attached hydrogens (tertiary/aromatic N) is 4. The van der Waals surface area contributed by atoms with E-state index in [1.807, 2.05) is 41.1 Å². The molecule has 0 atom stereocenters. The number of ketones is 1. The third kappa shape index (κ3) is 4.97. The Bertz CT molecular complexity index is 1900. The molecule has 42 heavy (non-hydrogen) atoms. The molecule has 1 aliphatic rings. The number of benzene rings is 2. The summed E-state index contributed by atoms with van der Waals surface area (Å²) in [5, 5.41) is 13.9. The largest absolute Gasteiger partial charge is 0.389 e. The highest BCUT2D eigenvalue weighted by Crippen LogP contribution is 2.34. The highest BCUT2D eigenvalue weighted by molar-refractivity contribution is 6.07. The molecular formula is C32H30N6O4. The molecule has 0 saturated carbocycles. The highest BCUT2D eigenvalue weighted by atomic mass is 16.3. The number of nitrogen functional groups attached to an aromatic ring is 1. The number of pyridine rings is 1. The fourth-order valence-electron chi connectivity index (χ4n) is 5.54. The predicted molar refractivity (Wildman–Crippen MR) is 161 cm³/mol. The van der Waals surface area contributed by atoms with Crippen LogP contribution in [0.2, 0.25) is 0 Å². The van der Waals surface area contributed by atoms with Crippen LogP contribution < -0.4 is 16.6 Å². The van der Waals surface area contributed by atoms with Crippen LogP contribution in [0.3, 0.4) is 0 Å². The zero-order valence-corrected chi connectivity index (χ0v) is 23.3. The third-order valence-corrected chi connectivity index (χ3v) is 7.37. The van der Waals surface area contributed by atoms with E-state index in [1.165, 1.54) is 17.0 Å². The number of amides is 1. The number of anilines is 2. The average Bonchev–Trinajstić information content (AvgIpc) is 3.32. The third-order valence-electron chi connectivity index (χ3n) is 7.37. The van der Waals surface area contributed by atoms with Crippen molar-refractivity contribution >= 4 is 34.2 Å². The highest BCUT2D eigenvalue weighted by Gasteiger charge is 2.26. The van der Waals surface area contributed by atoms with Gasteiger partial charge in [0.05, 0.1) is 17.5 Å². The average molecular weight is 563 g/mol. The SMILES string of the molecule is CC(C)(O)Cn1cc(-c2ccc(NC(=O)c3cc4c(n(-c5ccccc5)c3=O)CCCC4=O)cc2)c2c(N)ncnc21. The number of hydrogen-bond donors (Lipinski definition) is 3. The van der Waals surface area contributed by atoms with E-state index in [1.54, 1.807) is 38.1 Å². The number of Topliss-reactive ketones (excluding diaryl/α,β-unsaturated/α-hetero) is 1. The molecule has 0 bridgehead atoms. The van der Waals surface area contributed by atoms with E-state index in [-0.39, 0.29) is 11.3 Å². The van der Waals surface area contributed by atoms with Gasteiger partial charge in [0.2, 0.25) is 0 Å². The first-order valence-electron chi connectivity index (χ1n) is 13.7. The summed E-state index contributed by atoms with van der Waals surface area (Å²) in [6.07, 6.45) is 4.88. The number of para-hydroxylation sites is 1. The first-order valence-corrected chi connectivity index (χ1v) is 13.7. The van der Waals surface area contributed by atoms with Crippen molar-refractivity contribution in [1.29, 1.82) is 0 Å². The number of nitrogens with one attached hydrogen (secondary N) is 1. The Morgan fingerprint density at radius 3 is 2.48 bits per heavy atom. The van der Waals surface area contributed by atoms with Crippen LogP contribution in [0.1, 0.15) is 53.1 Å². The van der Waals surface area contributed by atoms with Crippen molar-refractivity contribution in [2.75, 3.05) is 11.1 Å². The van der Waals surface area contributed by atoms with Crippen molar-refractivity contribution in [2.45, 2.75) is 45.3 Å². The Labute approximate surface area is 241 Å².